The minimum atomic E-state index is -1.21. The summed E-state index contributed by atoms with van der Waals surface area (Å²) in [5, 5.41) is 5.09. The molecule has 3 rings (SSSR count). The number of hydrogen-bond donors (Lipinski definition) is 2. The summed E-state index contributed by atoms with van der Waals surface area (Å²) in [6.45, 7) is 2.60. The maximum absolute atomic E-state index is 6.59. The molecule has 2 aromatic rings. The van der Waals surface area contributed by atoms with Gasteiger partial charge in [0.1, 0.15) is 12.0 Å². The van der Waals surface area contributed by atoms with Crippen molar-refractivity contribution in [3.8, 4) is 0 Å². The Bertz CT molecular complexity index is 703. The van der Waals surface area contributed by atoms with Crippen LogP contribution in [-0.2, 0) is 11.7 Å². The van der Waals surface area contributed by atoms with Crippen LogP contribution in [-0.4, -0.2) is 15.3 Å². The van der Waals surface area contributed by atoms with Crippen LogP contribution in [0, 0.1) is 6.92 Å². The molecule has 1 aromatic heterocycles. The summed E-state index contributed by atoms with van der Waals surface area (Å²) >= 11 is 12.6. The van der Waals surface area contributed by atoms with Gasteiger partial charge >= 0.3 is 0 Å². The number of benzene rings is 1. The Balaban J connectivity index is 1.89. The van der Waals surface area contributed by atoms with E-state index in [9.17, 15) is 0 Å². The molecule has 2 N–H and O–H groups in total. The number of aromatic nitrogens is 2. The molecular weight excluding hydrogens is 309 g/mol. The molecule has 2 heterocycles. The van der Waals surface area contributed by atoms with E-state index in [-0.39, 0.29) is 5.29 Å². The fraction of sp³-hybridized carbons (Fsp3) is 0.214. The molecule has 0 fully saturated rings. The smallest absolute Gasteiger partial charge is 0.235 e. The Hall–Kier alpha value is -1.69. The predicted molar refractivity (Wildman–Crippen MR) is 84.5 cm³/mol. The van der Waals surface area contributed by atoms with Gasteiger partial charge in [0.2, 0.25) is 5.12 Å². The van der Waals surface area contributed by atoms with Gasteiger partial charge in [-0.2, -0.15) is 0 Å². The van der Waals surface area contributed by atoms with Crippen molar-refractivity contribution in [2.75, 3.05) is 5.32 Å². The van der Waals surface area contributed by atoms with Crippen molar-refractivity contribution >= 4 is 34.2 Å². The van der Waals surface area contributed by atoms with Crippen LogP contribution < -0.4 is 10.6 Å². The van der Waals surface area contributed by atoms with Gasteiger partial charge in [-0.15, -0.1) is 0 Å². The van der Waals surface area contributed by atoms with Crippen molar-refractivity contribution in [3.63, 3.8) is 0 Å². The monoisotopic (exact) mass is 321 g/mol. The molecular formula is C14H13Cl2N5. The van der Waals surface area contributed by atoms with Crippen molar-refractivity contribution in [2.24, 2.45) is 4.99 Å². The van der Waals surface area contributed by atoms with Crippen LogP contribution in [0.2, 0.25) is 0 Å². The highest BCUT2D eigenvalue weighted by atomic mass is 35.5. The van der Waals surface area contributed by atoms with Crippen LogP contribution >= 0.6 is 23.2 Å². The molecule has 0 bridgehead atoms. The highest BCUT2D eigenvalue weighted by molar-refractivity contribution is 6.68. The molecule has 0 saturated carbocycles. The maximum Gasteiger partial charge on any atom is 0.235 e. The summed E-state index contributed by atoms with van der Waals surface area (Å²) in [7, 11) is 0. The summed E-state index contributed by atoms with van der Waals surface area (Å²) in [4.78, 5) is 12.4. The lowest BCUT2D eigenvalue weighted by Crippen LogP contribution is -2.40. The lowest BCUT2D eigenvalue weighted by Gasteiger charge is -2.29. The van der Waals surface area contributed by atoms with Crippen LogP contribution in [0.4, 0.5) is 5.69 Å². The summed E-state index contributed by atoms with van der Waals surface area (Å²) in [5.74, 6) is 0. The zero-order chi connectivity index (χ0) is 14.9. The maximum atomic E-state index is 6.59. The van der Waals surface area contributed by atoms with Crippen LogP contribution in [0.5, 0.6) is 0 Å². The number of amidine groups is 1. The lowest BCUT2D eigenvalue weighted by molar-refractivity contribution is 0.476. The third-order valence-corrected chi connectivity index (χ3v) is 3.87. The van der Waals surface area contributed by atoms with E-state index in [4.69, 9.17) is 23.2 Å². The Kier molecular flexibility index (Phi) is 3.80. The van der Waals surface area contributed by atoms with Crippen LogP contribution in [0.15, 0.2) is 41.8 Å². The summed E-state index contributed by atoms with van der Waals surface area (Å²) in [6, 6.07) is 8.07. The van der Waals surface area contributed by atoms with Gasteiger partial charge in [0, 0.05) is 6.54 Å². The predicted octanol–water partition coefficient (Wildman–Crippen LogP) is 2.94. The van der Waals surface area contributed by atoms with E-state index >= 15 is 0 Å². The number of rotatable bonds is 3. The Labute approximate surface area is 132 Å². The average molecular weight is 322 g/mol. The Morgan fingerprint density at radius 3 is 2.95 bits per heavy atom. The molecule has 1 aliphatic rings. The van der Waals surface area contributed by atoms with Crippen molar-refractivity contribution in [1.82, 2.24) is 15.3 Å². The van der Waals surface area contributed by atoms with E-state index < -0.39 is 5.12 Å². The normalized spacial score (nSPS) is 20.4. The first-order chi connectivity index (χ1) is 10.1. The zero-order valence-corrected chi connectivity index (χ0v) is 12.8. The highest BCUT2D eigenvalue weighted by Gasteiger charge is 2.36. The molecule has 108 valence electrons. The molecule has 0 amide bonds. The standard InChI is InChI=1S/C14H13Cl2N5/c1-9-4-2-3-5-10(9)6-19-14(16)12-11(7-17-8-18-12)20-13(15)21-14/h2-5,7-8,19H,6H2,1H3,(H,20,21). The first kappa shape index (κ1) is 14.3. The van der Waals surface area contributed by atoms with Gasteiger partial charge in [-0.1, -0.05) is 35.9 Å². The SMILES string of the molecule is Cc1ccccc1CNC1(Cl)N=C(Cl)Nc2cncnc21. The van der Waals surface area contributed by atoms with Gasteiger partial charge in [0.25, 0.3) is 0 Å². The van der Waals surface area contributed by atoms with Gasteiger partial charge in [-0.05, 0) is 29.7 Å². The number of fused-ring (bicyclic) bond motifs is 1. The number of anilines is 1. The van der Waals surface area contributed by atoms with Crippen molar-refractivity contribution < 1.29 is 0 Å². The minimum absolute atomic E-state index is 0.199. The summed E-state index contributed by atoms with van der Waals surface area (Å²) in [5.41, 5.74) is 3.51. The van der Waals surface area contributed by atoms with E-state index in [1.165, 1.54) is 11.9 Å². The van der Waals surface area contributed by atoms with E-state index in [1.54, 1.807) is 6.20 Å². The molecule has 1 unspecified atom stereocenters. The number of nitrogens with zero attached hydrogens (tertiary/aromatic N) is 3. The third kappa shape index (κ3) is 2.85. The molecule has 7 heteroatoms. The second kappa shape index (κ2) is 5.60. The fourth-order valence-corrected chi connectivity index (χ4v) is 2.73. The Morgan fingerprint density at radius 2 is 2.14 bits per heavy atom. The number of halogens is 2. The minimum Gasteiger partial charge on any atom is -0.328 e. The fourth-order valence-electron chi connectivity index (χ4n) is 2.16. The lowest BCUT2D eigenvalue weighted by atomic mass is 10.1. The van der Waals surface area contributed by atoms with Crippen molar-refractivity contribution in [3.05, 3.63) is 53.6 Å². The van der Waals surface area contributed by atoms with Gasteiger partial charge < -0.3 is 5.32 Å². The average Bonchev–Trinajstić information content (AvgIpc) is 2.46. The first-order valence-corrected chi connectivity index (χ1v) is 7.15. The van der Waals surface area contributed by atoms with Gasteiger partial charge in [-0.25, -0.2) is 15.0 Å². The molecule has 1 aliphatic heterocycles. The molecule has 5 nitrogen and oxygen atoms in total. The van der Waals surface area contributed by atoms with Gasteiger partial charge in [0.05, 0.1) is 11.9 Å². The van der Waals surface area contributed by atoms with E-state index in [0.29, 0.717) is 17.9 Å². The third-order valence-electron chi connectivity index (χ3n) is 3.29. The molecule has 21 heavy (non-hydrogen) atoms. The highest BCUT2D eigenvalue weighted by Crippen LogP contribution is 2.35. The van der Waals surface area contributed by atoms with Crippen LogP contribution in [0.3, 0.4) is 0 Å². The summed E-state index contributed by atoms with van der Waals surface area (Å²) in [6.07, 6.45) is 3.05. The van der Waals surface area contributed by atoms with E-state index in [2.05, 4.69) is 25.6 Å². The number of aryl methyl sites for hydroxylation is 1. The molecule has 1 aromatic carbocycles. The topological polar surface area (TPSA) is 62.2 Å². The molecule has 0 saturated heterocycles. The Morgan fingerprint density at radius 1 is 1.33 bits per heavy atom. The molecule has 0 radical (unpaired) electrons. The van der Waals surface area contributed by atoms with E-state index in [1.807, 2.05) is 31.2 Å². The zero-order valence-electron chi connectivity index (χ0n) is 11.3. The molecule has 0 spiro atoms. The number of alkyl halides is 1. The summed E-state index contributed by atoms with van der Waals surface area (Å²) < 4.78 is 0. The number of nitrogens with one attached hydrogen (secondary N) is 2. The van der Waals surface area contributed by atoms with Crippen molar-refractivity contribution in [2.45, 2.75) is 18.6 Å². The van der Waals surface area contributed by atoms with Crippen LogP contribution in [0.25, 0.3) is 0 Å². The van der Waals surface area contributed by atoms with Gasteiger partial charge in [-0.3, -0.25) is 5.32 Å². The second-order valence-corrected chi connectivity index (χ2v) is 5.62. The molecule has 1 atom stereocenters. The first-order valence-electron chi connectivity index (χ1n) is 6.40. The number of aliphatic imine (C=N–C) groups is 1. The van der Waals surface area contributed by atoms with Crippen LogP contribution in [0.1, 0.15) is 16.8 Å². The van der Waals surface area contributed by atoms with Crippen molar-refractivity contribution in [1.29, 1.82) is 0 Å². The molecule has 0 aliphatic carbocycles. The largest absolute Gasteiger partial charge is 0.328 e. The quantitative estimate of drug-likeness (QED) is 0.674. The number of hydrogen-bond acceptors (Lipinski definition) is 5. The second-order valence-electron chi connectivity index (χ2n) is 4.71. The van der Waals surface area contributed by atoms with Gasteiger partial charge in [0.15, 0.2) is 5.29 Å². The van der Waals surface area contributed by atoms with E-state index in [0.717, 1.165) is 5.56 Å².